The number of aryl methyl sites for hydroxylation is 1. The first-order valence-electron chi connectivity index (χ1n) is 5.31. The highest BCUT2D eigenvalue weighted by Gasteiger charge is 2.25. The molecule has 5 nitrogen and oxygen atoms in total. The highest BCUT2D eigenvalue weighted by Crippen LogP contribution is 2.31. The SMILES string of the molecule is N#CCCc1cccc(OC(F)F)c1C(O)C(=O)O. The molecule has 0 saturated carbocycles. The standard InChI is InChI=1S/C12H11F2NO4/c13-12(14)19-8-5-1-3-7(4-2-6-15)9(8)10(16)11(17)18/h1,3,5,10,12,16H,2,4H2,(H,17,18). The van der Waals surface area contributed by atoms with Gasteiger partial charge < -0.3 is 14.9 Å². The summed E-state index contributed by atoms with van der Waals surface area (Å²) >= 11 is 0. The van der Waals surface area contributed by atoms with Crippen LogP contribution in [-0.2, 0) is 11.2 Å². The third kappa shape index (κ3) is 3.89. The predicted molar refractivity (Wildman–Crippen MR) is 59.6 cm³/mol. The normalized spacial score (nSPS) is 11.9. The van der Waals surface area contributed by atoms with Gasteiger partial charge in [0.25, 0.3) is 0 Å². The van der Waals surface area contributed by atoms with Gasteiger partial charge in [0.1, 0.15) is 5.75 Å². The quantitative estimate of drug-likeness (QED) is 0.824. The van der Waals surface area contributed by atoms with Gasteiger partial charge in [-0.2, -0.15) is 14.0 Å². The summed E-state index contributed by atoms with van der Waals surface area (Å²) in [6.45, 7) is -3.13. The molecule has 19 heavy (non-hydrogen) atoms. The number of nitriles is 1. The van der Waals surface area contributed by atoms with Crippen molar-refractivity contribution in [1.82, 2.24) is 0 Å². The minimum Gasteiger partial charge on any atom is -0.479 e. The third-order valence-electron chi connectivity index (χ3n) is 2.39. The topological polar surface area (TPSA) is 90.5 Å². The van der Waals surface area contributed by atoms with Crippen molar-refractivity contribution >= 4 is 5.97 Å². The van der Waals surface area contributed by atoms with Crippen LogP contribution < -0.4 is 4.74 Å². The first kappa shape index (κ1) is 14.9. The Morgan fingerprint density at radius 2 is 2.16 bits per heavy atom. The molecule has 0 aromatic heterocycles. The molecule has 0 saturated heterocycles. The average Bonchev–Trinajstić information content (AvgIpc) is 2.34. The fourth-order valence-electron chi connectivity index (χ4n) is 1.63. The smallest absolute Gasteiger partial charge is 0.387 e. The number of ether oxygens (including phenoxy) is 1. The average molecular weight is 271 g/mol. The number of halogens is 2. The Morgan fingerprint density at radius 3 is 2.68 bits per heavy atom. The number of aliphatic carboxylic acids is 1. The van der Waals surface area contributed by atoms with Crippen LogP contribution in [0.15, 0.2) is 18.2 Å². The summed E-state index contributed by atoms with van der Waals surface area (Å²) < 4.78 is 28.7. The molecule has 0 heterocycles. The van der Waals surface area contributed by atoms with Gasteiger partial charge in [0.2, 0.25) is 0 Å². The van der Waals surface area contributed by atoms with E-state index < -0.39 is 24.4 Å². The van der Waals surface area contributed by atoms with Gasteiger partial charge in [0, 0.05) is 12.0 Å². The molecule has 2 N–H and O–H groups in total. The van der Waals surface area contributed by atoms with Gasteiger partial charge in [-0.05, 0) is 18.1 Å². The van der Waals surface area contributed by atoms with Crippen molar-refractivity contribution in [3.63, 3.8) is 0 Å². The summed E-state index contributed by atoms with van der Waals surface area (Å²) in [5.41, 5.74) is 0.0418. The number of hydrogen-bond acceptors (Lipinski definition) is 4. The van der Waals surface area contributed by atoms with Gasteiger partial charge in [0.05, 0.1) is 6.07 Å². The zero-order valence-electron chi connectivity index (χ0n) is 9.72. The molecule has 0 fully saturated rings. The Balaban J connectivity index is 3.23. The fraction of sp³-hybridized carbons (Fsp3) is 0.333. The second-order valence-electron chi connectivity index (χ2n) is 3.61. The number of nitrogens with zero attached hydrogens (tertiary/aromatic N) is 1. The summed E-state index contributed by atoms with van der Waals surface area (Å²) in [6.07, 6.45) is -1.78. The van der Waals surface area contributed by atoms with Crippen molar-refractivity contribution in [1.29, 1.82) is 5.26 Å². The molecular weight excluding hydrogens is 260 g/mol. The Bertz CT molecular complexity index is 499. The van der Waals surface area contributed by atoms with E-state index in [1.54, 1.807) is 0 Å². The maximum absolute atomic E-state index is 12.2. The van der Waals surface area contributed by atoms with E-state index in [1.807, 2.05) is 6.07 Å². The lowest BCUT2D eigenvalue weighted by Crippen LogP contribution is -2.16. The zero-order chi connectivity index (χ0) is 14.4. The van der Waals surface area contributed by atoms with Crippen molar-refractivity contribution in [3.05, 3.63) is 29.3 Å². The van der Waals surface area contributed by atoms with Gasteiger partial charge in [-0.25, -0.2) is 4.79 Å². The zero-order valence-corrected chi connectivity index (χ0v) is 9.72. The summed E-state index contributed by atoms with van der Waals surface area (Å²) in [7, 11) is 0. The van der Waals surface area contributed by atoms with Crippen molar-refractivity contribution < 1.29 is 28.5 Å². The van der Waals surface area contributed by atoms with E-state index >= 15 is 0 Å². The van der Waals surface area contributed by atoms with Crippen LogP contribution in [0.5, 0.6) is 5.75 Å². The predicted octanol–water partition coefficient (Wildman–Crippen LogP) is 1.86. The largest absolute Gasteiger partial charge is 0.479 e. The van der Waals surface area contributed by atoms with E-state index in [0.29, 0.717) is 0 Å². The maximum Gasteiger partial charge on any atom is 0.387 e. The van der Waals surface area contributed by atoms with Gasteiger partial charge in [-0.3, -0.25) is 0 Å². The Labute approximate surface area is 107 Å². The number of hydrogen-bond donors (Lipinski definition) is 2. The second kappa shape index (κ2) is 6.66. The first-order valence-corrected chi connectivity index (χ1v) is 5.31. The van der Waals surface area contributed by atoms with Crippen LogP contribution in [0.1, 0.15) is 23.7 Å². The summed E-state index contributed by atoms with van der Waals surface area (Å²) in [6, 6.07) is 5.84. The van der Waals surface area contributed by atoms with E-state index in [1.165, 1.54) is 12.1 Å². The highest BCUT2D eigenvalue weighted by atomic mass is 19.3. The fourth-order valence-corrected chi connectivity index (χ4v) is 1.63. The van der Waals surface area contributed by atoms with E-state index in [2.05, 4.69) is 4.74 Å². The van der Waals surface area contributed by atoms with Crippen LogP contribution in [0.4, 0.5) is 8.78 Å². The minimum atomic E-state index is -3.13. The molecule has 0 spiro atoms. The molecule has 1 rings (SSSR count). The molecule has 7 heteroatoms. The van der Waals surface area contributed by atoms with E-state index in [-0.39, 0.29) is 24.0 Å². The number of benzene rings is 1. The van der Waals surface area contributed by atoms with E-state index in [9.17, 15) is 18.7 Å². The molecule has 0 aliphatic rings. The van der Waals surface area contributed by atoms with Gasteiger partial charge in [-0.15, -0.1) is 0 Å². The lowest BCUT2D eigenvalue weighted by molar-refractivity contribution is -0.147. The van der Waals surface area contributed by atoms with Crippen LogP contribution in [0.25, 0.3) is 0 Å². The van der Waals surface area contributed by atoms with Crippen molar-refractivity contribution in [2.75, 3.05) is 0 Å². The number of aliphatic hydroxyl groups is 1. The number of rotatable bonds is 6. The minimum absolute atomic E-state index is 0.0669. The molecule has 102 valence electrons. The summed E-state index contributed by atoms with van der Waals surface area (Å²) in [5.74, 6) is -1.98. The molecule has 0 amide bonds. The molecule has 1 aromatic carbocycles. The van der Waals surface area contributed by atoms with Gasteiger partial charge in [-0.1, -0.05) is 12.1 Å². The second-order valence-corrected chi connectivity index (χ2v) is 3.61. The molecule has 1 atom stereocenters. The molecule has 0 aliphatic heterocycles. The molecule has 0 bridgehead atoms. The third-order valence-corrected chi connectivity index (χ3v) is 2.39. The monoisotopic (exact) mass is 271 g/mol. The summed E-state index contributed by atoms with van der Waals surface area (Å²) in [4.78, 5) is 10.8. The van der Waals surface area contributed by atoms with E-state index in [0.717, 1.165) is 6.07 Å². The molecule has 1 unspecified atom stereocenters. The van der Waals surface area contributed by atoms with Crippen molar-refractivity contribution in [3.8, 4) is 11.8 Å². The van der Waals surface area contributed by atoms with Crippen molar-refractivity contribution in [2.24, 2.45) is 0 Å². The lowest BCUT2D eigenvalue weighted by atomic mass is 9.97. The van der Waals surface area contributed by atoms with Crippen LogP contribution in [0.3, 0.4) is 0 Å². The van der Waals surface area contributed by atoms with Gasteiger partial charge in [0.15, 0.2) is 6.10 Å². The molecular formula is C12H11F2NO4. The first-order chi connectivity index (χ1) is 8.97. The number of aliphatic hydroxyl groups excluding tert-OH is 1. The number of carbonyl (C=O) groups is 1. The Morgan fingerprint density at radius 1 is 1.47 bits per heavy atom. The number of alkyl halides is 2. The van der Waals surface area contributed by atoms with Gasteiger partial charge >= 0.3 is 12.6 Å². The van der Waals surface area contributed by atoms with Crippen molar-refractivity contribution in [2.45, 2.75) is 25.6 Å². The lowest BCUT2D eigenvalue weighted by Gasteiger charge is -2.16. The summed E-state index contributed by atoms with van der Waals surface area (Å²) in [5, 5.41) is 26.9. The number of carboxylic acid groups (broad SMARTS) is 1. The van der Waals surface area contributed by atoms with Crippen LogP contribution >= 0.6 is 0 Å². The highest BCUT2D eigenvalue weighted by molar-refractivity contribution is 5.76. The van der Waals surface area contributed by atoms with Crippen LogP contribution in [0, 0.1) is 11.3 Å². The maximum atomic E-state index is 12.2. The Kier molecular flexibility index (Phi) is 5.21. The molecule has 1 aromatic rings. The number of carboxylic acids is 1. The molecule has 0 radical (unpaired) electrons. The van der Waals surface area contributed by atoms with E-state index in [4.69, 9.17) is 10.4 Å². The van der Waals surface area contributed by atoms with Crippen LogP contribution in [0.2, 0.25) is 0 Å². The Hall–Kier alpha value is -2.20. The van der Waals surface area contributed by atoms with Crippen LogP contribution in [-0.4, -0.2) is 22.8 Å². The molecule has 0 aliphatic carbocycles.